The molecule has 0 saturated carbocycles. The van der Waals surface area contributed by atoms with Gasteiger partial charge in [-0.25, -0.2) is 4.68 Å². The summed E-state index contributed by atoms with van der Waals surface area (Å²) in [7, 11) is 2.89. The Bertz CT molecular complexity index is 1200. The molecule has 3 aromatic rings. The number of H-pyrrole nitrogens is 1. The average molecular weight is 449 g/mol. The number of aromatic amines is 1. The highest BCUT2D eigenvalue weighted by molar-refractivity contribution is 6.03. The van der Waals surface area contributed by atoms with E-state index in [9.17, 15) is 9.59 Å². The summed E-state index contributed by atoms with van der Waals surface area (Å²) in [5, 5.41) is 3.11. The minimum absolute atomic E-state index is 0.0546. The highest BCUT2D eigenvalue weighted by atomic mass is 16.5. The van der Waals surface area contributed by atoms with E-state index in [2.05, 4.69) is 22.1 Å². The summed E-state index contributed by atoms with van der Waals surface area (Å²) in [4.78, 5) is 32.8. The topological polar surface area (TPSA) is 88.9 Å². The third kappa shape index (κ3) is 5.06. The van der Waals surface area contributed by atoms with E-state index in [4.69, 9.17) is 14.5 Å². The molecule has 8 heteroatoms. The largest absolute Gasteiger partial charge is 0.494 e. The lowest BCUT2D eigenvalue weighted by Gasteiger charge is -2.20. The Kier molecular flexibility index (Phi) is 7.04. The van der Waals surface area contributed by atoms with Gasteiger partial charge in [0.15, 0.2) is 0 Å². The zero-order valence-corrected chi connectivity index (χ0v) is 18.9. The molecule has 33 heavy (non-hydrogen) atoms. The SMILES string of the molecule is COC(=O)Cc1[nH]n(-c2ccccc2OC)c(=O)c1C1=NCCCN(Cc2ccccc2)C1. The molecular weight excluding hydrogens is 420 g/mol. The van der Waals surface area contributed by atoms with Crippen LogP contribution in [0.2, 0.25) is 0 Å². The molecule has 0 atom stereocenters. The zero-order chi connectivity index (χ0) is 23.2. The predicted molar refractivity (Wildman–Crippen MR) is 126 cm³/mol. The molecule has 1 aliphatic rings. The fraction of sp³-hybridized carbons (Fsp3) is 0.320. The molecule has 0 amide bonds. The van der Waals surface area contributed by atoms with E-state index in [0.717, 1.165) is 19.5 Å². The monoisotopic (exact) mass is 448 g/mol. The normalized spacial score (nSPS) is 14.4. The standard InChI is InChI=1S/C25H28N4O4/c1-32-22-12-7-6-11-21(22)29-25(31)24(19(27-29)15-23(30)33-2)20-17-28(14-8-13-26-20)16-18-9-4-3-5-10-18/h3-7,9-12,27H,8,13-17H2,1-2H3. The van der Waals surface area contributed by atoms with Crippen molar-refractivity contribution in [2.24, 2.45) is 4.99 Å². The van der Waals surface area contributed by atoms with Crippen LogP contribution in [0, 0.1) is 0 Å². The van der Waals surface area contributed by atoms with Crippen molar-refractivity contribution in [3.63, 3.8) is 0 Å². The van der Waals surface area contributed by atoms with E-state index in [1.807, 2.05) is 30.3 Å². The molecule has 1 aromatic heterocycles. The van der Waals surface area contributed by atoms with Gasteiger partial charge in [0.05, 0.1) is 37.6 Å². The number of hydrogen-bond acceptors (Lipinski definition) is 6. The van der Waals surface area contributed by atoms with Gasteiger partial charge in [0.2, 0.25) is 0 Å². The highest BCUT2D eigenvalue weighted by Crippen LogP contribution is 2.22. The number of esters is 1. The second-order valence-corrected chi connectivity index (χ2v) is 7.91. The van der Waals surface area contributed by atoms with E-state index < -0.39 is 5.97 Å². The van der Waals surface area contributed by atoms with Crippen LogP contribution in [-0.4, -0.2) is 60.2 Å². The smallest absolute Gasteiger partial charge is 0.311 e. The van der Waals surface area contributed by atoms with Crippen molar-refractivity contribution >= 4 is 11.7 Å². The fourth-order valence-electron chi connectivity index (χ4n) is 4.09. The van der Waals surface area contributed by atoms with Crippen molar-refractivity contribution in [2.45, 2.75) is 19.4 Å². The molecule has 1 aliphatic heterocycles. The lowest BCUT2D eigenvalue weighted by atomic mass is 10.1. The van der Waals surface area contributed by atoms with Crippen molar-refractivity contribution in [1.29, 1.82) is 0 Å². The van der Waals surface area contributed by atoms with E-state index in [1.54, 1.807) is 19.2 Å². The van der Waals surface area contributed by atoms with Gasteiger partial charge in [-0.1, -0.05) is 42.5 Å². The van der Waals surface area contributed by atoms with Gasteiger partial charge in [-0.2, -0.15) is 0 Å². The highest BCUT2D eigenvalue weighted by Gasteiger charge is 2.25. The number of carbonyl (C=O) groups is 1. The summed E-state index contributed by atoms with van der Waals surface area (Å²) in [5.41, 5.74) is 3.09. The minimum atomic E-state index is -0.431. The van der Waals surface area contributed by atoms with Crippen molar-refractivity contribution in [3.8, 4) is 11.4 Å². The Hall–Kier alpha value is -3.65. The Morgan fingerprint density at radius 3 is 2.61 bits per heavy atom. The summed E-state index contributed by atoms with van der Waals surface area (Å²) < 4.78 is 11.7. The van der Waals surface area contributed by atoms with E-state index >= 15 is 0 Å². The molecule has 2 heterocycles. The maximum atomic E-state index is 13.6. The molecule has 0 fully saturated rings. The lowest BCUT2D eigenvalue weighted by Crippen LogP contribution is -2.32. The molecule has 0 spiro atoms. The van der Waals surface area contributed by atoms with E-state index in [0.29, 0.717) is 41.5 Å². The Morgan fingerprint density at radius 2 is 1.85 bits per heavy atom. The number of benzene rings is 2. The Labute approximate surface area is 192 Å². The number of ether oxygens (including phenoxy) is 2. The molecule has 0 bridgehead atoms. The van der Waals surface area contributed by atoms with Gasteiger partial charge >= 0.3 is 5.97 Å². The van der Waals surface area contributed by atoms with Gasteiger partial charge in [0.1, 0.15) is 11.4 Å². The van der Waals surface area contributed by atoms with Gasteiger partial charge in [-0.05, 0) is 24.1 Å². The summed E-state index contributed by atoms with van der Waals surface area (Å²) in [6.07, 6.45) is 0.842. The van der Waals surface area contributed by atoms with Gasteiger partial charge in [-0.15, -0.1) is 0 Å². The fourth-order valence-corrected chi connectivity index (χ4v) is 4.09. The first-order valence-corrected chi connectivity index (χ1v) is 10.9. The third-order valence-electron chi connectivity index (χ3n) is 5.69. The number of methoxy groups -OCH3 is 2. The third-order valence-corrected chi connectivity index (χ3v) is 5.69. The summed E-state index contributed by atoms with van der Waals surface area (Å²) in [6, 6.07) is 17.5. The molecule has 8 nitrogen and oxygen atoms in total. The zero-order valence-electron chi connectivity index (χ0n) is 18.9. The Balaban J connectivity index is 1.74. The first-order chi connectivity index (χ1) is 16.1. The van der Waals surface area contributed by atoms with Crippen LogP contribution in [0.25, 0.3) is 5.69 Å². The second-order valence-electron chi connectivity index (χ2n) is 7.91. The number of para-hydroxylation sites is 2. The number of nitrogens with one attached hydrogen (secondary N) is 1. The number of aliphatic imine (C=N–C) groups is 1. The molecule has 172 valence electrons. The molecular formula is C25H28N4O4. The first-order valence-electron chi connectivity index (χ1n) is 10.9. The minimum Gasteiger partial charge on any atom is -0.494 e. The molecule has 4 rings (SSSR count). The molecule has 0 radical (unpaired) electrons. The molecule has 1 N–H and O–H groups in total. The van der Waals surface area contributed by atoms with Crippen LogP contribution in [0.3, 0.4) is 0 Å². The maximum Gasteiger partial charge on any atom is 0.311 e. The van der Waals surface area contributed by atoms with Crippen LogP contribution in [0.5, 0.6) is 5.75 Å². The summed E-state index contributed by atoms with van der Waals surface area (Å²) in [5.74, 6) is 0.116. The van der Waals surface area contributed by atoms with Crippen molar-refractivity contribution in [2.75, 3.05) is 33.9 Å². The van der Waals surface area contributed by atoms with Crippen LogP contribution in [0.4, 0.5) is 0 Å². The van der Waals surface area contributed by atoms with Gasteiger partial charge < -0.3 is 9.47 Å². The Morgan fingerprint density at radius 1 is 1.09 bits per heavy atom. The quantitative estimate of drug-likeness (QED) is 0.562. The molecule has 2 aromatic carbocycles. The number of nitrogens with zero attached hydrogens (tertiary/aromatic N) is 3. The lowest BCUT2D eigenvalue weighted by molar-refractivity contribution is -0.139. The van der Waals surface area contributed by atoms with Crippen molar-refractivity contribution < 1.29 is 14.3 Å². The van der Waals surface area contributed by atoms with Crippen molar-refractivity contribution in [1.82, 2.24) is 14.7 Å². The van der Waals surface area contributed by atoms with Gasteiger partial charge in [0, 0.05) is 26.2 Å². The molecule has 0 unspecified atom stereocenters. The van der Waals surface area contributed by atoms with Crippen LogP contribution >= 0.6 is 0 Å². The molecule has 0 saturated heterocycles. The van der Waals surface area contributed by atoms with E-state index in [-0.39, 0.29) is 12.0 Å². The molecule has 0 aliphatic carbocycles. The van der Waals surface area contributed by atoms with Gasteiger partial charge in [0.25, 0.3) is 5.56 Å². The van der Waals surface area contributed by atoms with Crippen LogP contribution in [0.15, 0.2) is 64.4 Å². The van der Waals surface area contributed by atoms with Crippen LogP contribution < -0.4 is 10.3 Å². The predicted octanol–water partition coefficient (Wildman–Crippen LogP) is 2.58. The van der Waals surface area contributed by atoms with Crippen molar-refractivity contribution in [3.05, 3.63) is 81.8 Å². The van der Waals surface area contributed by atoms with E-state index in [1.165, 1.54) is 17.4 Å². The second kappa shape index (κ2) is 10.3. The number of aromatic nitrogens is 2. The number of hydrogen-bond donors (Lipinski definition) is 1. The summed E-state index contributed by atoms with van der Waals surface area (Å²) >= 11 is 0. The number of carbonyl (C=O) groups excluding carboxylic acids is 1. The first kappa shape index (κ1) is 22.5. The van der Waals surface area contributed by atoms with Crippen LogP contribution in [0.1, 0.15) is 23.2 Å². The average Bonchev–Trinajstić information content (AvgIpc) is 3.00. The maximum absolute atomic E-state index is 13.6. The number of rotatable bonds is 7. The van der Waals surface area contributed by atoms with Gasteiger partial charge in [-0.3, -0.25) is 24.6 Å². The summed E-state index contributed by atoms with van der Waals surface area (Å²) in [6.45, 7) is 2.77. The van der Waals surface area contributed by atoms with Crippen LogP contribution in [-0.2, 0) is 22.5 Å².